The van der Waals surface area contributed by atoms with E-state index in [1.54, 1.807) is 18.2 Å². The number of quaternary nitrogens is 1. The summed E-state index contributed by atoms with van der Waals surface area (Å²) >= 11 is 6.07. The maximum atomic E-state index is 12.4. The quantitative estimate of drug-likeness (QED) is 0.680. The van der Waals surface area contributed by atoms with Crippen LogP contribution in [-0.4, -0.2) is 33.2 Å². The van der Waals surface area contributed by atoms with Crippen LogP contribution in [0.15, 0.2) is 42.5 Å². The second-order valence-electron chi connectivity index (χ2n) is 6.04. The summed E-state index contributed by atoms with van der Waals surface area (Å²) in [6.07, 6.45) is 0. The Balaban J connectivity index is 1.88. The summed E-state index contributed by atoms with van der Waals surface area (Å²) in [4.78, 5) is 13.1. The molecule has 1 atom stereocenters. The number of hydrogen-bond acceptors (Lipinski definition) is 3. The zero-order valence-electron chi connectivity index (χ0n) is 15.1. The van der Waals surface area contributed by atoms with Gasteiger partial charge in [-0.05, 0) is 29.8 Å². The third-order valence-corrected chi connectivity index (χ3v) is 4.21. The Kier molecular flexibility index (Phi) is 7.82. The minimum Gasteiger partial charge on any atom is -0.493 e. The molecular weight excluding hydrogens is 378 g/mol. The normalized spacial score (nSPS) is 11.9. The number of alkyl halides is 2. The number of carbonyl (C=O) groups is 1. The highest BCUT2D eigenvalue weighted by molar-refractivity contribution is 6.31. The molecule has 0 saturated carbocycles. The first-order valence-corrected chi connectivity index (χ1v) is 8.70. The molecule has 0 spiro atoms. The highest BCUT2D eigenvalue weighted by atomic mass is 35.5. The van der Waals surface area contributed by atoms with Crippen LogP contribution in [0.1, 0.15) is 11.1 Å². The molecule has 2 aromatic rings. The lowest BCUT2D eigenvalue weighted by Gasteiger charge is -2.16. The molecule has 5 nitrogen and oxygen atoms in total. The van der Waals surface area contributed by atoms with Gasteiger partial charge in [-0.2, -0.15) is 8.78 Å². The van der Waals surface area contributed by atoms with Gasteiger partial charge in [-0.1, -0.05) is 29.8 Å². The summed E-state index contributed by atoms with van der Waals surface area (Å²) in [5.74, 6) is 0.0900. The second kappa shape index (κ2) is 10.1. The van der Waals surface area contributed by atoms with E-state index in [4.69, 9.17) is 16.3 Å². The van der Waals surface area contributed by atoms with Gasteiger partial charge in [-0.25, -0.2) is 0 Å². The van der Waals surface area contributed by atoms with Crippen LogP contribution in [0.3, 0.4) is 0 Å². The number of halogens is 3. The lowest BCUT2D eigenvalue weighted by atomic mass is 10.2. The minimum atomic E-state index is -2.92. The van der Waals surface area contributed by atoms with Crippen LogP contribution in [0, 0.1) is 0 Å². The zero-order valence-corrected chi connectivity index (χ0v) is 15.9. The van der Waals surface area contributed by atoms with Crippen molar-refractivity contribution in [2.75, 3.05) is 20.7 Å². The molecule has 2 aromatic carbocycles. The Bertz CT molecular complexity index is 774. The molecular formula is C19H22ClF2N2O3+. The number of amides is 1. The van der Waals surface area contributed by atoms with Gasteiger partial charge in [-0.15, -0.1) is 0 Å². The fourth-order valence-corrected chi connectivity index (χ4v) is 2.80. The summed E-state index contributed by atoms with van der Waals surface area (Å²) < 4.78 is 34.2. The van der Waals surface area contributed by atoms with Crippen LogP contribution < -0.4 is 19.7 Å². The number of likely N-dealkylation sites (N-methyl/N-ethyl adjacent to an activating group) is 1. The topological polar surface area (TPSA) is 52.0 Å². The van der Waals surface area contributed by atoms with Gasteiger partial charge >= 0.3 is 6.61 Å². The van der Waals surface area contributed by atoms with Crippen molar-refractivity contribution in [2.45, 2.75) is 19.7 Å². The molecule has 2 rings (SSSR count). The first kappa shape index (κ1) is 20.9. The summed E-state index contributed by atoms with van der Waals surface area (Å²) in [6, 6.07) is 12.1. The Morgan fingerprint density at radius 1 is 1.22 bits per heavy atom. The molecule has 1 unspecified atom stereocenters. The van der Waals surface area contributed by atoms with Crippen LogP contribution >= 0.6 is 11.6 Å². The second-order valence-corrected chi connectivity index (χ2v) is 6.45. The summed E-state index contributed by atoms with van der Waals surface area (Å²) in [5.41, 5.74) is 1.69. The fourth-order valence-electron chi connectivity index (χ4n) is 2.60. The summed E-state index contributed by atoms with van der Waals surface area (Å²) in [7, 11) is 3.25. The number of ether oxygens (including phenoxy) is 2. The van der Waals surface area contributed by atoms with Gasteiger partial charge < -0.3 is 19.7 Å². The Morgan fingerprint density at radius 2 is 1.96 bits per heavy atom. The van der Waals surface area contributed by atoms with Crippen molar-refractivity contribution >= 4 is 17.5 Å². The largest absolute Gasteiger partial charge is 0.493 e. The molecule has 0 fully saturated rings. The molecule has 2 N–H and O–H groups in total. The van der Waals surface area contributed by atoms with E-state index in [1.807, 2.05) is 25.2 Å². The molecule has 0 radical (unpaired) electrons. The third-order valence-electron chi connectivity index (χ3n) is 3.85. The van der Waals surface area contributed by atoms with E-state index in [0.29, 0.717) is 18.1 Å². The number of hydrogen-bond donors (Lipinski definition) is 2. The number of benzene rings is 2. The van der Waals surface area contributed by atoms with Gasteiger partial charge in [-0.3, -0.25) is 4.79 Å². The van der Waals surface area contributed by atoms with Crippen molar-refractivity contribution in [3.63, 3.8) is 0 Å². The van der Waals surface area contributed by atoms with Crippen LogP contribution in [0.5, 0.6) is 11.5 Å². The Morgan fingerprint density at radius 3 is 2.63 bits per heavy atom. The average molecular weight is 400 g/mol. The molecule has 0 aromatic heterocycles. The highest BCUT2D eigenvalue weighted by Gasteiger charge is 2.15. The van der Waals surface area contributed by atoms with Gasteiger partial charge in [0.2, 0.25) is 0 Å². The molecule has 0 saturated heterocycles. The first-order chi connectivity index (χ1) is 12.9. The number of nitrogens with one attached hydrogen (secondary N) is 2. The number of carbonyl (C=O) groups excluding carboxylic acids is 1. The van der Waals surface area contributed by atoms with Crippen LogP contribution in [-0.2, 0) is 17.9 Å². The van der Waals surface area contributed by atoms with Gasteiger partial charge in [0, 0.05) is 17.1 Å². The summed E-state index contributed by atoms with van der Waals surface area (Å²) in [6.45, 7) is -1.79. The molecule has 1 amide bonds. The number of methoxy groups -OCH3 is 1. The lowest BCUT2D eigenvalue weighted by Crippen LogP contribution is -3.08. The van der Waals surface area contributed by atoms with E-state index in [0.717, 1.165) is 16.0 Å². The van der Waals surface area contributed by atoms with E-state index < -0.39 is 6.61 Å². The monoisotopic (exact) mass is 399 g/mol. The Hall–Kier alpha value is -2.38. The predicted molar refractivity (Wildman–Crippen MR) is 98.4 cm³/mol. The maximum Gasteiger partial charge on any atom is 0.387 e. The van der Waals surface area contributed by atoms with Gasteiger partial charge in [0.05, 0.1) is 14.2 Å². The van der Waals surface area contributed by atoms with E-state index in [-0.39, 0.29) is 24.0 Å². The van der Waals surface area contributed by atoms with Crippen molar-refractivity contribution < 1.29 is 27.9 Å². The molecule has 0 aliphatic carbocycles. The van der Waals surface area contributed by atoms with Crippen molar-refractivity contribution in [3.05, 3.63) is 58.6 Å². The average Bonchev–Trinajstić information content (AvgIpc) is 2.61. The lowest BCUT2D eigenvalue weighted by molar-refractivity contribution is -0.885. The molecule has 146 valence electrons. The van der Waals surface area contributed by atoms with Crippen molar-refractivity contribution in [1.29, 1.82) is 0 Å². The van der Waals surface area contributed by atoms with Crippen molar-refractivity contribution in [2.24, 2.45) is 0 Å². The SMILES string of the molecule is COc1cc(C[NH+](C)CC(=O)NCc2ccccc2Cl)ccc1OC(F)F. The minimum absolute atomic E-state index is 0.0219. The van der Waals surface area contributed by atoms with E-state index >= 15 is 0 Å². The van der Waals surface area contributed by atoms with E-state index in [2.05, 4.69) is 10.1 Å². The third kappa shape index (κ3) is 6.69. The molecule has 8 heteroatoms. The smallest absolute Gasteiger partial charge is 0.387 e. The standard InChI is InChI=1S/C19H21ClF2N2O3/c1-24(12-18(25)23-10-14-5-3-4-6-15(14)20)11-13-7-8-16(27-19(21)22)17(9-13)26-2/h3-9,19H,10-12H2,1-2H3,(H,23,25)/p+1. The summed E-state index contributed by atoms with van der Waals surface area (Å²) in [5, 5.41) is 3.45. The Labute approximate surface area is 161 Å². The van der Waals surface area contributed by atoms with Gasteiger partial charge in [0.25, 0.3) is 5.91 Å². The molecule has 27 heavy (non-hydrogen) atoms. The predicted octanol–water partition coefficient (Wildman–Crippen LogP) is 2.28. The van der Waals surface area contributed by atoms with E-state index in [9.17, 15) is 13.6 Å². The molecule has 0 aliphatic heterocycles. The molecule has 0 bridgehead atoms. The van der Waals surface area contributed by atoms with Crippen LogP contribution in [0.4, 0.5) is 8.78 Å². The highest BCUT2D eigenvalue weighted by Crippen LogP contribution is 2.29. The van der Waals surface area contributed by atoms with Crippen LogP contribution in [0.2, 0.25) is 5.02 Å². The fraction of sp³-hybridized carbons (Fsp3) is 0.316. The van der Waals surface area contributed by atoms with Gasteiger partial charge in [0.1, 0.15) is 6.54 Å². The van der Waals surface area contributed by atoms with Crippen LogP contribution in [0.25, 0.3) is 0 Å². The van der Waals surface area contributed by atoms with E-state index in [1.165, 1.54) is 13.2 Å². The first-order valence-electron chi connectivity index (χ1n) is 8.32. The zero-order chi connectivity index (χ0) is 19.8. The van der Waals surface area contributed by atoms with Gasteiger partial charge in [0.15, 0.2) is 18.0 Å². The van der Waals surface area contributed by atoms with Crippen molar-refractivity contribution in [1.82, 2.24) is 5.32 Å². The molecule has 0 heterocycles. The molecule has 0 aliphatic rings. The maximum absolute atomic E-state index is 12.4. The number of rotatable bonds is 9. The van der Waals surface area contributed by atoms with Crippen molar-refractivity contribution in [3.8, 4) is 11.5 Å².